The Labute approximate surface area is 122 Å². The fourth-order valence-electron chi connectivity index (χ4n) is 1.97. The SMILES string of the molecule is Cc1ccc2c(N)c(C(=O)NC(C)C(C)CO)sc2c1. The summed E-state index contributed by atoms with van der Waals surface area (Å²) in [5, 5.41) is 12.9. The second-order valence-electron chi connectivity index (χ2n) is 5.27. The highest BCUT2D eigenvalue weighted by molar-refractivity contribution is 7.21. The number of nitrogens with one attached hydrogen (secondary N) is 1. The molecule has 0 radical (unpaired) electrons. The number of fused-ring (bicyclic) bond motifs is 1. The third kappa shape index (κ3) is 2.78. The van der Waals surface area contributed by atoms with Crippen molar-refractivity contribution in [1.29, 1.82) is 0 Å². The third-order valence-electron chi connectivity index (χ3n) is 3.59. The number of rotatable bonds is 4. The molecule has 1 aromatic carbocycles. The number of hydrogen-bond donors (Lipinski definition) is 3. The predicted octanol–water partition coefficient (Wildman–Crippen LogP) is 2.54. The van der Waals surface area contributed by atoms with Gasteiger partial charge in [0.25, 0.3) is 5.91 Å². The van der Waals surface area contributed by atoms with E-state index >= 15 is 0 Å². The lowest BCUT2D eigenvalue weighted by atomic mass is 10.1. The lowest BCUT2D eigenvalue weighted by molar-refractivity contribution is 0.0921. The molecule has 2 aromatic rings. The molecule has 20 heavy (non-hydrogen) atoms. The molecule has 0 aliphatic carbocycles. The largest absolute Gasteiger partial charge is 0.397 e. The molecule has 0 saturated carbocycles. The molecule has 5 heteroatoms. The van der Waals surface area contributed by atoms with Crippen LogP contribution in [0.15, 0.2) is 18.2 Å². The molecule has 0 aliphatic rings. The van der Waals surface area contributed by atoms with Gasteiger partial charge in [-0.2, -0.15) is 0 Å². The van der Waals surface area contributed by atoms with Crippen molar-refractivity contribution in [1.82, 2.24) is 5.32 Å². The lowest BCUT2D eigenvalue weighted by Crippen LogP contribution is -2.38. The maximum atomic E-state index is 12.3. The first kappa shape index (κ1) is 14.8. The topological polar surface area (TPSA) is 75.4 Å². The molecule has 2 rings (SSSR count). The summed E-state index contributed by atoms with van der Waals surface area (Å²) in [5.41, 5.74) is 7.75. The summed E-state index contributed by atoms with van der Waals surface area (Å²) < 4.78 is 1.02. The van der Waals surface area contributed by atoms with Crippen LogP contribution in [0.25, 0.3) is 10.1 Å². The summed E-state index contributed by atoms with van der Waals surface area (Å²) in [4.78, 5) is 12.8. The van der Waals surface area contributed by atoms with Gasteiger partial charge >= 0.3 is 0 Å². The normalized spacial score (nSPS) is 14.2. The zero-order chi connectivity index (χ0) is 14.9. The zero-order valence-corrected chi connectivity index (χ0v) is 12.8. The van der Waals surface area contributed by atoms with Crippen molar-refractivity contribution in [3.8, 4) is 0 Å². The van der Waals surface area contributed by atoms with Crippen LogP contribution >= 0.6 is 11.3 Å². The molecule has 0 spiro atoms. The van der Waals surface area contributed by atoms with Crippen LogP contribution in [0.2, 0.25) is 0 Å². The molecule has 1 heterocycles. The van der Waals surface area contributed by atoms with Crippen LogP contribution in [-0.2, 0) is 0 Å². The number of nitrogens with two attached hydrogens (primary N) is 1. The maximum absolute atomic E-state index is 12.3. The van der Waals surface area contributed by atoms with Gasteiger partial charge in [-0.1, -0.05) is 19.1 Å². The van der Waals surface area contributed by atoms with E-state index in [1.165, 1.54) is 11.3 Å². The first-order valence-corrected chi connectivity index (χ1v) is 7.46. The molecule has 2 atom stereocenters. The molecule has 1 amide bonds. The monoisotopic (exact) mass is 292 g/mol. The zero-order valence-electron chi connectivity index (χ0n) is 11.9. The number of benzene rings is 1. The van der Waals surface area contributed by atoms with E-state index in [1.54, 1.807) is 0 Å². The number of hydrogen-bond acceptors (Lipinski definition) is 4. The van der Waals surface area contributed by atoms with Gasteiger partial charge in [0.1, 0.15) is 4.88 Å². The number of aliphatic hydroxyl groups is 1. The highest BCUT2D eigenvalue weighted by Gasteiger charge is 2.20. The van der Waals surface area contributed by atoms with E-state index in [2.05, 4.69) is 5.32 Å². The number of carbonyl (C=O) groups excluding carboxylic acids is 1. The van der Waals surface area contributed by atoms with Crippen LogP contribution in [0.3, 0.4) is 0 Å². The van der Waals surface area contributed by atoms with Gasteiger partial charge in [0.15, 0.2) is 0 Å². The second kappa shape index (κ2) is 5.81. The average Bonchev–Trinajstić information content (AvgIpc) is 2.74. The summed E-state index contributed by atoms with van der Waals surface area (Å²) in [6, 6.07) is 5.88. The van der Waals surface area contributed by atoms with Crippen molar-refractivity contribution in [3.05, 3.63) is 28.6 Å². The fourth-order valence-corrected chi connectivity index (χ4v) is 3.09. The Balaban J connectivity index is 2.28. The van der Waals surface area contributed by atoms with Crippen molar-refractivity contribution < 1.29 is 9.90 Å². The minimum Gasteiger partial charge on any atom is -0.397 e. The molecule has 0 bridgehead atoms. The van der Waals surface area contributed by atoms with Gasteiger partial charge in [0.05, 0.1) is 5.69 Å². The molecule has 1 aromatic heterocycles. The van der Waals surface area contributed by atoms with Crippen LogP contribution in [-0.4, -0.2) is 23.7 Å². The molecule has 0 saturated heterocycles. The summed E-state index contributed by atoms with van der Waals surface area (Å²) in [5.74, 6) is -0.161. The Kier molecular flexibility index (Phi) is 4.30. The van der Waals surface area contributed by atoms with E-state index in [-0.39, 0.29) is 24.5 Å². The molecule has 108 valence electrons. The Morgan fingerprint density at radius 3 is 2.80 bits per heavy atom. The average molecular weight is 292 g/mol. The van der Waals surface area contributed by atoms with Crippen LogP contribution in [0.4, 0.5) is 5.69 Å². The molecule has 0 fully saturated rings. The standard InChI is InChI=1S/C15H20N2O2S/c1-8-4-5-11-12(6-8)20-14(13(11)16)15(19)17-10(3)9(2)7-18/h4-6,9-10,18H,7,16H2,1-3H3,(H,17,19). The summed E-state index contributed by atoms with van der Waals surface area (Å²) in [6.45, 7) is 5.83. The van der Waals surface area contributed by atoms with Crippen LogP contribution < -0.4 is 11.1 Å². The van der Waals surface area contributed by atoms with Gasteiger partial charge in [0.2, 0.25) is 0 Å². The number of amides is 1. The summed E-state index contributed by atoms with van der Waals surface area (Å²) >= 11 is 1.41. The molecule has 0 aliphatic heterocycles. The van der Waals surface area contributed by atoms with E-state index in [0.29, 0.717) is 10.6 Å². The Hall–Kier alpha value is -1.59. The van der Waals surface area contributed by atoms with Crippen molar-refractivity contribution in [2.45, 2.75) is 26.8 Å². The number of thiophene rings is 1. The lowest BCUT2D eigenvalue weighted by Gasteiger charge is -2.18. The van der Waals surface area contributed by atoms with Gasteiger partial charge < -0.3 is 16.2 Å². The third-order valence-corrected chi connectivity index (χ3v) is 4.76. The van der Waals surface area contributed by atoms with Crippen LogP contribution in [0.5, 0.6) is 0 Å². The Bertz CT molecular complexity index is 636. The van der Waals surface area contributed by atoms with E-state index in [1.807, 2.05) is 39.0 Å². The van der Waals surface area contributed by atoms with E-state index in [0.717, 1.165) is 15.6 Å². The molecular formula is C15H20N2O2S. The highest BCUT2D eigenvalue weighted by atomic mass is 32.1. The smallest absolute Gasteiger partial charge is 0.263 e. The number of aliphatic hydroxyl groups excluding tert-OH is 1. The molecular weight excluding hydrogens is 272 g/mol. The molecule has 2 unspecified atom stereocenters. The Morgan fingerprint density at radius 2 is 2.15 bits per heavy atom. The second-order valence-corrected chi connectivity index (χ2v) is 6.32. The molecule has 4 nitrogen and oxygen atoms in total. The predicted molar refractivity (Wildman–Crippen MR) is 84.2 cm³/mol. The van der Waals surface area contributed by atoms with Gasteiger partial charge in [-0.3, -0.25) is 4.79 Å². The first-order valence-electron chi connectivity index (χ1n) is 6.64. The first-order chi connectivity index (χ1) is 9.43. The van der Waals surface area contributed by atoms with Gasteiger partial charge in [-0.25, -0.2) is 0 Å². The van der Waals surface area contributed by atoms with Crippen LogP contribution in [0, 0.1) is 12.8 Å². The maximum Gasteiger partial charge on any atom is 0.263 e. The van der Waals surface area contributed by atoms with Gasteiger partial charge in [-0.05, 0) is 31.4 Å². The van der Waals surface area contributed by atoms with Crippen molar-refractivity contribution >= 4 is 33.0 Å². The summed E-state index contributed by atoms with van der Waals surface area (Å²) in [7, 11) is 0. The minimum atomic E-state index is -0.172. The molecule has 4 N–H and O–H groups in total. The van der Waals surface area contributed by atoms with Crippen LogP contribution in [0.1, 0.15) is 29.1 Å². The van der Waals surface area contributed by atoms with E-state index in [9.17, 15) is 4.79 Å². The van der Waals surface area contributed by atoms with Crippen molar-refractivity contribution in [2.75, 3.05) is 12.3 Å². The number of aryl methyl sites for hydroxylation is 1. The fraction of sp³-hybridized carbons (Fsp3) is 0.400. The van der Waals surface area contributed by atoms with Crippen molar-refractivity contribution in [2.24, 2.45) is 5.92 Å². The number of carbonyl (C=O) groups is 1. The van der Waals surface area contributed by atoms with E-state index < -0.39 is 0 Å². The minimum absolute atomic E-state index is 0.0109. The summed E-state index contributed by atoms with van der Waals surface area (Å²) in [6.07, 6.45) is 0. The van der Waals surface area contributed by atoms with E-state index in [4.69, 9.17) is 10.8 Å². The highest BCUT2D eigenvalue weighted by Crippen LogP contribution is 2.34. The number of nitrogen functional groups attached to an aromatic ring is 1. The van der Waals surface area contributed by atoms with Gasteiger partial charge in [-0.15, -0.1) is 11.3 Å². The number of anilines is 1. The van der Waals surface area contributed by atoms with Gasteiger partial charge in [0, 0.05) is 22.7 Å². The van der Waals surface area contributed by atoms with Crippen molar-refractivity contribution in [3.63, 3.8) is 0 Å². The Morgan fingerprint density at radius 1 is 1.45 bits per heavy atom. The quantitative estimate of drug-likeness (QED) is 0.810.